The van der Waals surface area contributed by atoms with Gasteiger partial charge < -0.3 is 5.73 Å². The summed E-state index contributed by atoms with van der Waals surface area (Å²) >= 11 is 3.56. The van der Waals surface area contributed by atoms with Gasteiger partial charge in [0, 0.05) is 28.4 Å². The maximum Gasteiger partial charge on any atom is 0.0979 e. The van der Waals surface area contributed by atoms with Crippen molar-refractivity contribution in [2.45, 2.75) is 25.8 Å². The van der Waals surface area contributed by atoms with E-state index in [0.29, 0.717) is 0 Å². The van der Waals surface area contributed by atoms with E-state index in [4.69, 9.17) is 5.73 Å². The van der Waals surface area contributed by atoms with Crippen molar-refractivity contribution in [1.29, 1.82) is 0 Å². The summed E-state index contributed by atoms with van der Waals surface area (Å²) in [5.74, 6) is 0. The number of hydrogen-bond donors (Lipinski definition) is 1. The summed E-state index contributed by atoms with van der Waals surface area (Å²) in [4.78, 5) is 7.07. The molecule has 80 valence electrons. The summed E-state index contributed by atoms with van der Waals surface area (Å²) in [6.45, 7) is 2.03. The first-order valence-electron chi connectivity index (χ1n) is 4.95. The standard InChI is InChI=1S/C11H14N2S2/c1-8(12)5-10-7-13-11(15-10)6-9-3-2-4-14-9/h2-4,7-8H,5-6,12H2,1H3. The van der Waals surface area contributed by atoms with Crippen LogP contribution in [-0.4, -0.2) is 11.0 Å². The highest BCUT2D eigenvalue weighted by molar-refractivity contribution is 7.12. The van der Waals surface area contributed by atoms with Crippen molar-refractivity contribution in [3.8, 4) is 0 Å². The van der Waals surface area contributed by atoms with Gasteiger partial charge in [-0.1, -0.05) is 6.07 Å². The van der Waals surface area contributed by atoms with Gasteiger partial charge in [0.2, 0.25) is 0 Å². The maximum atomic E-state index is 5.75. The van der Waals surface area contributed by atoms with Crippen LogP contribution in [0.25, 0.3) is 0 Å². The van der Waals surface area contributed by atoms with Crippen LogP contribution >= 0.6 is 22.7 Å². The molecular formula is C11H14N2S2. The van der Waals surface area contributed by atoms with Gasteiger partial charge in [-0.25, -0.2) is 4.98 Å². The summed E-state index contributed by atoms with van der Waals surface area (Å²) in [5.41, 5.74) is 5.75. The average molecular weight is 238 g/mol. The Labute approximate surface area is 97.8 Å². The van der Waals surface area contributed by atoms with E-state index in [9.17, 15) is 0 Å². The zero-order valence-corrected chi connectivity index (χ0v) is 10.3. The highest BCUT2D eigenvalue weighted by Gasteiger charge is 2.05. The lowest BCUT2D eigenvalue weighted by atomic mass is 10.2. The SMILES string of the molecule is CC(N)Cc1cnc(Cc2cccs2)s1. The van der Waals surface area contributed by atoms with E-state index in [0.717, 1.165) is 12.8 Å². The van der Waals surface area contributed by atoms with Crippen LogP contribution in [0.2, 0.25) is 0 Å². The predicted octanol–water partition coefficient (Wildman–Crippen LogP) is 2.69. The molecule has 2 nitrogen and oxygen atoms in total. The molecule has 0 bridgehead atoms. The van der Waals surface area contributed by atoms with Crippen LogP contribution in [0, 0.1) is 0 Å². The van der Waals surface area contributed by atoms with E-state index in [1.54, 1.807) is 22.7 Å². The summed E-state index contributed by atoms with van der Waals surface area (Å²) in [5, 5.41) is 3.29. The van der Waals surface area contributed by atoms with Crippen LogP contribution in [0.15, 0.2) is 23.7 Å². The van der Waals surface area contributed by atoms with Gasteiger partial charge in [-0.3, -0.25) is 0 Å². The zero-order valence-electron chi connectivity index (χ0n) is 8.64. The Kier molecular flexibility index (Phi) is 3.51. The number of nitrogens with zero attached hydrogens (tertiary/aromatic N) is 1. The molecule has 0 fully saturated rings. The van der Waals surface area contributed by atoms with E-state index in [-0.39, 0.29) is 6.04 Å². The van der Waals surface area contributed by atoms with Crippen molar-refractivity contribution in [3.05, 3.63) is 38.5 Å². The fraction of sp³-hybridized carbons (Fsp3) is 0.364. The molecule has 2 aromatic rings. The molecule has 4 heteroatoms. The Morgan fingerprint density at radius 1 is 1.47 bits per heavy atom. The molecular weight excluding hydrogens is 224 g/mol. The Balaban J connectivity index is 2.01. The first-order chi connectivity index (χ1) is 7.24. The van der Waals surface area contributed by atoms with E-state index < -0.39 is 0 Å². The molecule has 1 atom stereocenters. The van der Waals surface area contributed by atoms with Gasteiger partial charge in [-0.05, 0) is 24.8 Å². The maximum absolute atomic E-state index is 5.75. The molecule has 0 saturated carbocycles. The summed E-state index contributed by atoms with van der Waals surface area (Å²) in [6.07, 6.45) is 3.85. The molecule has 2 N–H and O–H groups in total. The fourth-order valence-corrected chi connectivity index (χ4v) is 3.29. The molecule has 0 aliphatic heterocycles. The van der Waals surface area contributed by atoms with Gasteiger partial charge in [-0.15, -0.1) is 22.7 Å². The number of thiophene rings is 1. The number of rotatable bonds is 4. The minimum Gasteiger partial charge on any atom is -0.328 e. The quantitative estimate of drug-likeness (QED) is 0.889. The monoisotopic (exact) mass is 238 g/mol. The molecule has 0 aliphatic rings. The highest BCUT2D eigenvalue weighted by Crippen LogP contribution is 2.20. The second-order valence-electron chi connectivity index (χ2n) is 3.66. The van der Waals surface area contributed by atoms with Crippen LogP contribution in [0.1, 0.15) is 21.7 Å². The van der Waals surface area contributed by atoms with Crippen molar-refractivity contribution < 1.29 is 0 Å². The minimum atomic E-state index is 0.222. The molecule has 0 radical (unpaired) electrons. The van der Waals surface area contributed by atoms with Crippen molar-refractivity contribution in [1.82, 2.24) is 4.98 Å². The first-order valence-corrected chi connectivity index (χ1v) is 6.65. The molecule has 0 saturated heterocycles. The highest BCUT2D eigenvalue weighted by atomic mass is 32.1. The fourth-order valence-electron chi connectivity index (χ4n) is 1.40. The normalized spacial score (nSPS) is 12.9. The van der Waals surface area contributed by atoms with Crippen molar-refractivity contribution >= 4 is 22.7 Å². The summed E-state index contributed by atoms with van der Waals surface area (Å²) < 4.78 is 0. The van der Waals surface area contributed by atoms with Gasteiger partial charge in [0.05, 0.1) is 5.01 Å². The molecule has 2 rings (SSSR count). The smallest absolute Gasteiger partial charge is 0.0979 e. The minimum absolute atomic E-state index is 0.222. The van der Waals surface area contributed by atoms with Gasteiger partial charge in [-0.2, -0.15) is 0 Å². The molecule has 1 unspecified atom stereocenters. The van der Waals surface area contributed by atoms with E-state index in [2.05, 4.69) is 22.5 Å². The Morgan fingerprint density at radius 2 is 2.33 bits per heavy atom. The topological polar surface area (TPSA) is 38.9 Å². The molecule has 2 aromatic heterocycles. The van der Waals surface area contributed by atoms with E-state index in [1.807, 2.05) is 13.1 Å². The van der Waals surface area contributed by atoms with Crippen molar-refractivity contribution in [2.24, 2.45) is 5.73 Å². The van der Waals surface area contributed by atoms with E-state index in [1.165, 1.54) is 14.8 Å². The van der Waals surface area contributed by atoms with Crippen molar-refractivity contribution in [2.75, 3.05) is 0 Å². The number of hydrogen-bond acceptors (Lipinski definition) is 4. The lowest BCUT2D eigenvalue weighted by molar-refractivity contribution is 0.745. The second-order valence-corrected chi connectivity index (χ2v) is 5.89. The Morgan fingerprint density at radius 3 is 3.00 bits per heavy atom. The summed E-state index contributed by atoms with van der Waals surface area (Å²) in [7, 11) is 0. The summed E-state index contributed by atoms with van der Waals surface area (Å²) in [6, 6.07) is 4.45. The number of nitrogens with two attached hydrogens (primary N) is 1. The lowest BCUT2D eigenvalue weighted by Gasteiger charge is -1.99. The number of thiazole rings is 1. The third-order valence-electron chi connectivity index (χ3n) is 2.03. The molecule has 2 heterocycles. The van der Waals surface area contributed by atoms with Gasteiger partial charge >= 0.3 is 0 Å². The van der Waals surface area contributed by atoms with Crippen LogP contribution < -0.4 is 5.73 Å². The zero-order chi connectivity index (χ0) is 10.7. The third kappa shape index (κ3) is 3.12. The van der Waals surface area contributed by atoms with Gasteiger partial charge in [0.1, 0.15) is 0 Å². The lowest BCUT2D eigenvalue weighted by Crippen LogP contribution is -2.16. The average Bonchev–Trinajstić information content (AvgIpc) is 2.77. The molecule has 0 spiro atoms. The Bertz CT molecular complexity index is 404. The van der Waals surface area contributed by atoms with Crippen LogP contribution in [-0.2, 0) is 12.8 Å². The first kappa shape index (κ1) is 10.8. The third-order valence-corrected chi connectivity index (χ3v) is 3.93. The second kappa shape index (κ2) is 4.88. The van der Waals surface area contributed by atoms with Crippen molar-refractivity contribution in [3.63, 3.8) is 0 Å². The van der Waals surface area contributed by atoms with Crippen LogP contribution in [0.4, 0.5) is 0 Å². The molecule has 15 heavy (non-hydrogen) atoms. The number of aromatic nitrogens is 1. The van der Waals surface area contributed by atoms with Crippen LogP contribution in [0.3, 0.4) is 0 Å². The van der Waals surface area contributed by atoms with Crippen LogP contribution in [0.5, 0.6) is 0 Å². The van der Waals surface area contributed by atoms with Gasteiger partial charge in [0.25, 0.3) is 0 Å². The molecule has 0 aromatic carbocycles. The Hall–Kier alpha value is -0.710. The molecule has 0 aliphatic carbocycles. The predicted molar refractivity (Wildman–Crippen MR) is 66.6 cm³/mol. The van der Waals surface area contributed by atoms with Gasteiger partial charge in [0.15, 0.2) is 0 Å². The molecule has 0 amide bonds. The van der Waals surface area contributed by atoms with E-state index >= 15 is 0 Å². The largest absolute Gasteiger partial charge is 0.328 e.